The van der Waals surface area contributed by atoms with E-state index in [4.69, 9.17) is 14.3 Å². The van der Waals surface area contributed by atoms with Crippen molar-refractivity contribution in [3.8, 4) is 0 Å². The number of ether oxygens (including phenoxy) is 1. The third kappa shape index (κ3) is 2.76. The number of hydrogen-bond donors (Lipinski definition) is 1. The second-order valence-corrected chi connectivity index (χ2v) is 3.99. The summed E-state index contributed by atoms with van der Waals surface area (Å²) in [5.74, 6) is -1.07. The standard InChI is InChI=1S/C11H16N2O4/c1-2-16-8-4-3-5-13(6-8)11-12-9(7-17-11)10(14)15/h7-8H,2-6H2,1H3,(H,14,15). The average Bonchev–Trinajstić information content (AvgIpc) is 2.79. The van der Waals surface area contributed by atoms with Gasteiger partial charge in [-0.3, -0.25) is 0 Å². The summed E-state index contributed by atoms with van der Waals surface area (Å²) in [7, 11) is 0. The van der Waals surface area contributed by atoms with E-state index in [1.165, 1.54) is 6.26 Å². The highest BCUT2D eigenvalue weighted by Gasteiger charge is 2.24. The van der Waals surface area contributed by atoms with Gasteiger partial charge in [0.1, 0.15) is 6.26 Å². The van der Waals surface area contributed by atoms with Crippen LogP contribution in [0, 0.1) is 0 Å². The van der Waals surface area contributed by atoms with Crippen molar-refractivity contribution in [1.29, 1.82) is 0 Å². The molecule has 1 aromatic heterocycles. The number of piperidine rings is 1. The van der Waals surface area contributed by atoms with Crippen molar-refractivity contribution < 1.29 is 19.1 Å². The molecule has 0 radical (unpaired) electrons. The number of hydrogen-bond acceptors (Lipinski definition) is 5. The van der Waals surface area contributed by atoms with Gasteiger partial charge in [-0.1, -0.05) is 0 Å². The van der Waals surface area contributed by atoms with Crippen molar-refractivity contribution in [3.05, 3.63) is 12.0 Å². The topological polar surface area (TPSA) is 75.8 Å². The zero-order valence-corrected chi connectivity index (χ0v) is 9.76. The van der Waals surface area contributed by atoms with Crippen molar-refractivity contribution >= 4 is 12.0 Å². The summed E-state index contributed by atoms with van der Waals surface area (Å²) in [6, 6.07) is 0.367. The Balaban J connectivity index is 2.02. The first-order chi connectivity index (χ1) is 8.20. The van der Waals surface area contributed by atoms with Crippen molar-refractivity contribution in [2.45, 2.75) is 25.9 Å². The fourth-order valence-electron chi connectivity index (χ4n) is 1.99. The molecule has 1 saturated heterocycles. The molecule has 0 saturated carbocycles. The van der Waals surface area contributed by atoms with E-state index in [-0.39, 0.29) is 11.8 Å². The number of rotatable bonds is 4. The third-order valence-corrected chi connectivity index (χ3v) is 2.76. The Morgan fingerprint density at radius 1 is 1.76 bits per heavy atom. The molecule has 6 heteroatoms. The highest BCUT2D eigenvalue weighted by molar-refractivity contribution is 5.85. The molecule has 0 spiro atoms. The predicted octanol–water partition coefficient (Wildman–Crippen LogP) is 1.38. The summed E-state index contributed by atoms with van der Waals surface area (Å²) in [6.07, 6.45) is 3.36. The Labute approximate surface area is 99.2 Å². The molecule has 17 heavy (non-hydrogen) atoms. The lowest BCUT2D eigenvalue weighted by atomic mass is 10.1. The lowest BCUT2D eigenvalue weighted by Gasteiger charge is -2.31. The van der Waals surface area contributed by atoms with Crippen molar-refractivity contribution in [3.63, 3.8) is 0 Å². The number of aromatic carboxylic acids is 1. The van der Waals surface area contributed by atoms with Crippen LogP contribution in [0.5, 0.6) is 0 Å². The van der Waals surface area contributed by atoms with Gasteiger partial charge in [-0.05, 0) is 19.8 Å². The summed E-state index contributed by atoms with van der Waals surface area (Å²) < 4.78 is 10.7. The fourth-order valence-corrected chi connectivity index (χ4v) is 1.99. The van der Waals surface area contributed by atoms with E-state index in [2.05, 4.69) is 4.98 Å². The highest BCUT2D eigenvalue weighted by Crippen LogP contribution is 2.20. The molecule has 6 nitrogen and oxygen atoms in total. The third-order valence-electron chi connectivity index (χ3n) is 2.76. The predicted molar refractivity (Wildman–Crippen MR) is 60.3 cm³/mol. The maximum absolute atomic E-state index is 10.7. The second-order valence-electron chi connectivity index (χ2n) is 3.99. The molecule has 0 aliphatic carbocycles. The Kier molecular flexibility index (Phi) is 3.63. The van der Waals surface area contributed by atoms with Crippen molar-refractivity contribution in [2.75, 3.05) is 24.6 Å². The summed E-state index contributed by atoms with van der Waals surface area (Å²) in [6.45, 7) is 4.17. The number of aromatic nitrogens is 1. The normalized spacial score (nSPS) is 20.5. The van der Waals surface area contributed by atoms with E-state index in [1.54, 1.807) is 0 Å². The molecule has 0 aromatic carbocycles. The van der Waals surface area contributed by atoms with Crippen LogP contribution in [0.4, 0.5) is 6.01 Å². The van der Waals surface area contributed by atoms with Gasteiger partial charge in [0.05, 0.1) is 6.10 Å². The fraction of sp³-hybridized carbons (Fsp3) is 0.636. The van der Waals surface area contributed by atoms with Gasteiger partial charge in [0.25, 0.3) is 6.01 Å². The minimum absolute atomic E-state index is 0.0569. The zero-order valence-electron chi connectivity index (χ0n) is 9.76. The molecule has 1 aromatic rings. The van der Waals surface area contributed by atoms with Crippen LogP contribution in [-0.4, -0.2) is 41.9 Å². The van der Waals surface area contributed by atoms with Gasteiger partial charge in [-0.2, -0.15) is 4.98 Å². The van der Waals surface area contributed by atoms with Crippen molar-refractivity contribution in [2.24, 2.45) is 0 Å². The number of carboxylic acids is 1. The van der Waals surface area contributed by atoms with Crippen LogP contribution in [0.25, 0.3) is 0 Å². The monoisotopic (exact) mass is 240 g/mol. The molecule has 1 aliphatic heterocycles. The molecule has 1 N–H and O–H groups in total. The van der Waals surface area contributed by atoms with Gasteiger partial charge in [0.2, 0.25) is 0 Å². The lowest BCUT2D eigenvalue weighted by Crippen LogP contribution is -2.39. The second kappa shape index (κ2) is 5.18. The van der Waals surface area contributed by atoms with Gasteiger partial charge in [0.15, 0.2) is 5.69 Å². The van der Waals surface area contributed by atoms with Gasteiger partial charge in [-0.25, -0.2) is 4.79 Å². The van der Waals surface area contributed by atoms with E-state index in [1.807, 2.05) is 11.8 Å². The van der Waals surface area contributed by atoms with Crippen molar-refractivity contribution in [1.82, 2.24) is 4.98 Å². The molecule has 1 aliphatic rings. The van der Waals surface area contributed by atoms with Crippen LogP contribution >= 0.6 is 0 Å². The number of carbonyl (C=O) groups is 1. The Hall–Kier alpha value is -1.56. The van der Waals surface area contributed by atoms with Gasteiger partial charge < -0.3 is 19.2 Å². The first-order valence-electron chi connectivity index (χ1n) is 5.76. The van der Waals surface area contributed by atoms with E-state index < -0.39 is 5.97 Å². The summed E-state index contributed by atoms with van der Waals surface area (Å²) >= 11 is 0. The van der Waals surface area contributed by atoms with E-state index in [0.717, 1.165) is 19.4 Å². The maximum Gasteiger partial charge on any atom is 0.357 e. The first kappa shape index (κ1) is 11.9. The summed E-state index contributed by atoms with van der Waals surface area (Å²) in [4.78, 5) is 16.6. The number of anilines is 1. The zero-order chi connectivity index (χ0) is 12.3. The minimum Gasteiger partial charge on any atom is -0.476 e. The number of carboxylic acid groups (broad SMARTS) is 1. The van der Waals surface area contributed by atoms with Gasteiger partial charge >= 0.3 is 5.97 Å². The van der Waals surface area contributed by atoms with Crippen LogP contribution in [-0.2, 0) is 4.74 Å². The van der Waals surface area contributed by atoms with Crippen LogP contribution < -0.4 is 4.90 Å². The van der Waals surface area contributed by atoms with Crippen LogP contribution in [0.2, 0.25) is 0 Å². The molecule has 94 valence electrons. The van der Waals surface area contributed by atoms with Crippen LogP contribution in [0.1, 0.15) is 30.3 Å². The average molecular weight is 240 g/mol. The Morgan fingerprint density at radius 3 is 3.24 bits per heavy atom. The molecular weight excluding hydrogens is 224 g/mol. The number of nitrogens with zero attached hydrogens (tertiary/aromatic N) is 2. The largest absolute Gasteiger partial charge is 0.476 e. The molecule has 2 heterocycles. The van der Waals surface area contributed by atoms with Crippen LogP contribution in [0.3, 0.4) is 0 Å². The minimum atomic E-state index is -1.07. The molecule has 2 rings (SSSR count). The quantitative estimate of drug-likeness (QED) is 0.856. The first-order valence-corrected chi connectivity index (χ1v) is 5.76. The Morgan fingerprint density at radius 2 is 2.59 bits per heavy atom. The van der Waals surface area contributed by atoms with E-state index >= 15 is 0 Å². The Bertz CT molecular complexity index is 389. The smallest absolute Gasteiger partial charge is 0.357 e. The number of oxazole rings is 1. The summed E-state index contributed by atoms with van der Waals surface area (Å²) in [5, 5.41) is 8.77. The lowest BCUT2D eigenvalue weighted by molar-refractivity contribution is 0.0516. The molecular formula is C11H16N2O4. The maximum atomic E-state index is 10.7. The molecule has 0 amide bonds. The van der Waals surface area contributed by atoms with Gasteiger partial charge in [0, 0.05) is 19.7 Å². The SMILES string of the molecule is CCOC1CCCN(c2nc(C(=O)O)co2)C1. The van der Waals surface area contributed by atoms with Gasteiger partial charge in [-0.15, -0.1) is 0 Å². The molecule has 0 bridgehead atoms. The molecule has 1 unspecified atom stereocenters. The highest BCUT2D eigenvalue weighted by atomic mass is 16.5. The van der Waals surface area contributed by atoms with E-state index in [0.29, 0.717) is 19.2 Å². The summed E-state index contributed by atoms with van der Waals surface area (Å²) in [5.41, 5.74) is -0.0569. The van der Waals surface area contributed by atoms with Crippen LogP contribution in [0.15, 0.2) is 10.7 Å². The molecule has 1 atom stereocenters. The molecule has 1 fully saturated rings. The van der Waals surface area contributed by atoms with E-state index in [9.17, 15) is 4.79 Å².